The fourth-order valence-corrected chi connectivity index (χ4v) is 3.48. The normalized spacial score (nSPS) is 12.9. The van der Waals surface area contributed by atoms with Gasteiger partial charge in [0.25, 0.3) is 0 Å². The monoisotopic (exact) mass is 373 g/mol. The summed E-state index contributed by atoms with van der Waals surface area (Å²) in [5, 5.41) is 11.5. The first-order valence-corrected chi connectivity index (χ1v) is 10.1. The highest BCUT2D eigenvalue weighted by molar-refractivity contribution is 7.11. The van der Waals surface area contributed by atoms with Crippen molar-refractivity contribution >= 4 is 23.0 Å². The van der Waals surface area contributed by atoms with Crippen LogP contribution in [-0.2, 0) is 6.54 Å². The fourth-order valence-electron chi connectivity index (χ4n) is 2.62. The van der Waals surface area contributed by atoms with Crippen molar-refractivity contribution in [2.24, 2.45) is 10.9 Å². The Hall–Kier alpha value is -2.08. The lowest BCUT2D eigenvalue weighted by molar-refractivity contribution is 0.512. The van der Waals surface area contributed by atoms with Crippen LogP contribution >= 0.6 is 11.3 Å². The van der Waals surface area contributed by atoms with Gasteiger partial charge in [-0.2, -0.15) is 0 Å². The van der Waals surface area contributed by atoms with E-state index in [1.54, 1.807) is 11.3 Å². The van der Waals surface area contributed by atoms with Gasteiger partial charge in [-0.15, -0.1) is 11.3 Å². The molecular weight excluding hydrogens is 342 g/mol. The minimum absolute atomic E-state index is 0.314. The van der Waals surface area contributed by atoms with Crippen molar-refractivity contribution in [2.45, 2.75) is 47.2 Å². The molecule has 0 fully saturated rings. The van der Waals surface area contributed by atoms with E-state index in [1.165, 1.54) is 4.88 Å². The van der Waals surface area contributed by atoms with Gasteiger partial charge >= 0.3 is 0 Å². The van der Waals surface area contributed by atoms with Gasteiger partial charge in [0, 0.05) is 29.7 Å². The molecule has 1 aromatic carbocycles. The smallest absolute Gasteiger partial charge is 0.191 e. The lowest BCUT2D eigenvalue weighted by Gasteiger charge is -2.25. The van der Waals surface area contributed by atoms with Gasteiger partial charge in [0.2, 0.25) is 0 Å². The van der Waals surface area contributed by atoms with Crippen molar-refractivity contribution in [1.82, 2.24) is 15.6 Å². The molecule has 6 heteroatoms. The Bertz CT molecular complexity index is 693. The molecule has 0 bridgehead atoms. The largest absolute Gasteiger partial charge is 0.380 e. The molecule has 1 atom stereocenters. The third kappa shape index (κ3) is 6.33. The first kappa shape index (κ1) is 20.2. The number of benzene rings is 1. The summed E-state index contributed by atoms with van der Waals surface area (Å²) in [5.41, 5.74) is 2.23. The average Bonchev–Trinajstić information content (AvgIpc) is 2.94. The van der Waals surface area contributed by atoms with Crippen LogP contribution < -0.4 is 16.0 Å². The molecule has 142 valence electrons. The number of para-hydroxylation sites is 1. The zero-order chi connectivity index (χ0) is 18.9. The highest BCUT2D eigenvalue weighted by Crippen LogP contribution is 2.18. The number of rotatable bonds is 8. The average molecular weight is 374 g/mol. The maximum absolute atomic E-state index is 4.73. The molecule has 0 amide bonds. The van der Waals surface area contributed by atoms with E-state index in [-0.39, 0.29) is 0 Å². The summed E-state index contributed by atoms with van der Waals surface area (Å²) >= 11 is 1.72. The van der Waals surface area contributed by atoms with E-state index in [0.29, 0.717) is 18.5 Å². The molecule has 2 aromatic rings. The number of nitrogens with one attached hydrogen (secondary N) is 3. The van der Waals surface area contributed by atoms with Crippen LogP contribution in [0.4, 0.5) is 5.69 Å². The highest BCUT2D eigenvalue weighted by atomic mass is 32.1. The minimum Gasteiger partial charge on any atom is -0.380 e. The van der Waals surface area contributed by atoms with Crippen molar-refractivity contribution < 1.29 is 0 Å². The Morgan fingerprint density at radius 1 is 1.15 bits per heavy atom. The SMILES string of the molecule is CCNC(=NCc1sc(C)nc1C)NCC(Nc1ccccc1)C(C)C. The summed E-state index contributed by atoms with van der Waals surface area (Å²) < 4.78 is 0. The highest BCUT2D eigenvalue weighted by Gasteiger charge is 2.14. The number of guanidine groups is 1. The molecule has 0 spiro atoms. The number of aromatic nitrogens is 1. The Morgan fingerprint density at radius 3 is 2.46 bits per heavy atom. The predicted molar refractivity (Wildman–Crippen MR) is 113 cm³/mol. The van der Waals surface area contributed by atoms with Gasteiger partial charge in [-0.3, -0.25) is 0 Å². The van der Waals surface area contributed by atoms with E-state index in [4.69, 9.17) is 4.99 Å². The van der Waals surface area contributed by atoms with Gasteiger partial charge in [-0.1, -0.05) is 32.0 Å². The number of nitrogens with zero attached hydrogens (tertiary/aromatic N) is 2. The molecule has 26 heavy (non-hydrogen) atoms. The minimum atomic E-state index is 0.314. The second kappa shape index (κ2) is 10.2. The first-order chi connectivity index (χ1) is 12.5. The van der Waals surface area contributed by atoms with Gasteiger partial charge < -0.3 is 16.0 Å². The third-order valence-corrected chi connectivity index (χ3v) is 5.20. The van der Waals surface area contributed by atoms with Crippen LogP contribution in [0.25, 0.3) is 0 Å². The van der Waals surface area contributed by atoms with Gasteiger partial charge in [-0.05, 0) is 38.8 Å². The number of hydrogen-bond acceptors (Lipinski definition) is 4. The molecule has 2 rings (SSSR count). The first-order valence-electron chi connectivity index (χ1n) is 9.26. The molecular formula is C20H31N5S. The van der Waals surface area contributed by atoms with Crippen molar-refractivity contribution in [3.8, 4) is 0 Å². The van der Waals surface area contributed by atoms with E-state index in [9.17, 15) is 0 Å². The summed E-state index contributed by atoms with van der Waals surface area (Å²) in [6.07, 6.45) is 0. The molecule has 1 aromatic heterocycles. The second-order valence-electron chi connectivity index (χ2n) is 6.68. The van der Waals surface area contributed by atoms with Crippen LogP contribution in [0.5, 0.6) is 0 Å². The topological polar surface area (TPSA) is 61.3 Å². The van der Waals surface area contributed by atoms with E-state index in [0.717, 1.165) is 35.4 Å². The molecule has 0 radical (unpaired) electrons. The summed E-state index contributed by atoms with van der Waals surface area (Å²) in [5.74, 6) is 1.34. The van der Waals surface area contributed by atoms with Crippen molar-refractivity contribution in [3.05, 3.63) is 45.9 Å². The van der Waals surface area contributed by atoms with E-state index >= 15 is 0 Å². The molecule has 0 saturated heterocycles. The van der Waals surface area contributed by atoms with Crippen molar-refractivity contribution in [2.75, 3.05) is 18.4 Å². The molecule has 0 saturated carbocycles. The molecule has 0 aliphatic rings. The molecule has 3 N–H and O–H groups in total. The zero-order valence-electron chi connectivity index (χ0n) is 16.5. The molecule has 1 heterocycles. The number of anilines is 1. The second-order valence-corrected chi connectivity index (χ2v) is 7.97. The van der Waals surface area contributed by atoms with Crippen LogP contribution in [0.2, 0.25) is 0 Å². The van der Waals surface area contributed by atoms with Gasteiger partial charge in [0.05, 0.1) is 17.2 Å². The Labute approximate surface area is 161 Å². The Morgan fingerprint density at radius 2 is 1.88 bits per heavy atom. The number of aryl methyl sites for hydroxylation is 2. The van der Waals surface area contributed by atoms with Gasteiger partial charge in [-0.25, -0.2) is 9.98 Å². The Kier molecular flexibility index (Phi) is 7.91. The quantitative estimate of drug-likeness (QED) is 0.484. The molecule has 1 unspecified atom stereocenters. The Balaban J connectivity index is 1.98. The molecule has 0 aliphatic heterocycles. The van der Waals surface area contributed by atoms with Crippen LogP contribution in [0.1, 0.15) is 36.3 Å². The van der Waals surface area contributed by atoms with Crippen LogP contribution in [0.15, 0.2) is 35.3 Å². The van der Waals surface area contributed by atoms with Crippen LogP contribution in [0.3, 0.4) is 0 Å². The van der Waals surface area contributed by atoms with Crippen LogP contribution in [-0.4, -0.2) is 30.1 Å². The molecule has 0 aliphatic carbocycles. The fraction of sp³-hybridized carbons (Fsp3) is 0.500. The number of aliphatic imine (C=N–C) groups is 1. The maximum atomic E-state index is 4.73. The van der Waals surface area contributed by atoms with E-state index in [2.05, 4.69) is 66.0 Å². The number of thiazole rings is 1. The van der Waals surface area contributed by atoms with E-state index in [1.807, 2.05) is 19.9 Å². The standard InChI is InChI=1S/C20H31N5S/c1-6-21-20(23-13-19-15(4)24-16(5)26-19)22-12-18(14(2)3)25-17-10-8-7-9-11-17/h7-11,14,18,25H,6,12-13H2,1-5H3,(H2,21,22,23). The van der Waals surface area contributed by atoms with Gasteiger partial charge in [0.1, 0.15) is 0 Å². The third-order valence-electron chi connectivity index (χ3n) is 4.14. The summed E-state index contributed by atoms with van der Waals surface area (Å²) in [4.78, 5) is 10.4. The van der Waals surface area contributed by atoms with Crippen molar-refractivity contribution in [1.29, 1.82) is 0 Å². The van der Waals surface area contributed by atoms with E-state index < -0.39 is 0 Å². The maximum Gasteiger partial charge on any atom is 0.191 e. The van der Waals surface area contributed by atoms with Crippen LogP contribution in [0, 0.1) is 19.8 Å². The summed E-state index contributed by atoms with van der Waals surface area (Å²) in [6.45, 7) is 12.9. The zero-order valence-corrected chi connectivity index (χ0v) is 17.3. The number of hydrogen-bond donors (Lipinski definition) is 3. The summed E-state index contributed by atoms with van der Waals surface area (Å²) in [6, 6.07) is 10.7. The summed E-state index contributed by atoms with van der Waals surface area (Å²) in [7, 11) is 0. The lowest BCUT2D eigenvalue weighted by atomic mass is 10.0. The predicted octanol–water partition coefficient (Wildman–Crippen LogP) is 3.95. The van der Waals surface area contributed by atoms with Crippen molar-refractivity contribution in [3.63, 3.8) is 0 Å². The molecule has 5 nitrogen and oxygen atoms in total. The van der Waals surface area contributed by atoms with Gasteiger partial charge in [0.15, 0.2) is 5.96 Å². The lowest BCUT2D eigenvalue weighted by Crippen LogP contribution is -2.44.